The van der Waals surface area contributed by atoms with Crippen LogP contribution in [0.15, 0.2) is 36.4 Å². The molecule has 1 heterocycles. The number of benzene rings is 1. The van der Waals surface area contributed by atoms with Crippen molar-refractivity contribution < 1.29 is 9.13 Å². The zero-order valence-corrected chi connectivity index (χ0v) is 8.77. The van der Waals surface area contributed by atoms with Crippen molar-refractivity contribution in [3.05, 3.63) is 42.2 Å². The van der Waals surface area contributed by atoms with Crippen LogP contribution in [0.5, 0.6) is 5.75 Å². The van der Waals surface area contributed by atoms with Crippen LogP contribution in [0.1, 0.15) is 0 Å². The van der Waals surface area contributed by atoms with Crippen LogP contribution in [-0.2, 0) is 0 Å². The summed E-state index contributed by atoms with van der Waals surface area (Å²) < 4.78 is 18.3. The molecule has 0 aliphatic heterocycles. The molecule has 0 saturated heterocycles. The number of nitrogen functional groups attached to an aromatic ring is 1. The van der Waals surface area contributed by atoms with Crippen molar-refractivity contribution in [1.29, 1.82) is 0 Å². The highest BCUT2D eigenvalue weighted by atomic mass is 19.1. The summed E-state index contributed by atoms with van der Waals surface area (Å²) in [7, 11) is 1.43. The van der Waals surface area contributed by atoms with Crippen LogP contribution in [0.25, 0.3) is 11.3 Å². The first-order valence-corrected chi connectivity index (χ1v) is 4.77. The molecule has 0 radical (unpaired) electrons. The number of pyridine rings is 1. The van der Waals surface area contributed by atoms with Gasteiger partial charge in [0.2, 0.25) is 0 Å². The van der Waals surface area contributed by atoms with Gasteiger partial charge < -0.3 is 10.5 Å². The van der Waals surface area contributed by atoms with E-state index in [1.165, 1.54) is 13.2 Å². The maximum atomic E-state index is 13.5. The Morgan fingerprint density at radius 2 is 2.06 bits per heavy atom. The Morgan fingerprint density at radius 1 is 1.25 bits per heavy atom. The number of methoxy groups -OCH3 is 1. The van der Waals surface area contributed by atoms with Crippen LogP contribution in [0, 0.1) is 5.82 Å². The smallest absolute Gasteiger partial charge is 0.165 e. The second-order valence-electron chi connectivity index (χ2n) is 3.30. The minimum Gasteiger partial charge on any atom is -0.494 e. The van der Waals surface area contributed by atoms with E-state index in [2.05, 4.69) is 4.98 Å². The quantitative estimate of drug-likeness (QED) is 0.842. The first kappa shape index (κ1) is 10.4. The summed E-state index contributed by atoms with van der Waals surface area (Å²) in [5.74, 6) is 0.214. The number of anilines is 1. The molecule has 0 spiro atoms. The molecule has 0 saturated carbocycles. The summed E-state index contributed by atoms with van der Waals surface area (Å²) in [5.41, 5.74) is 6.87. The molecule has 2 N–H and O–H groups in total. The highest BCUT2D eigenvalue weighted by Crippen LogP contribution is 2.24. The first-order valence-electron chi connectivity index (χ1n) is 4.77. The number of hydrogen-bond donors (Lipinski definition) is 1. The molecule has 0 atom stereocenters. The average molecular weight is 218 g/mol. The van der Waals surface area contributed by atoms with Gasteiger partial charge in [-0.2, -0.15) is 0 Å². The molecule has 0 fully saturated rings. The van der Waals surface area contributed by atoms with Gasteiger partial charge in [-0.05, 0) is 30.3 Å². The third kappa shape index (κ3) is 1.95. The van der Waals surface area contributed by atoms with E-state index in [1.54, 1.807) is 30.3 Å². The fraction of sp³-hybridized carbons (Fsp3) is 0.0833. The lowest BCUT2D eigenvalue weighted by Gasteiger charge is -2.05. The summed E-state index contributed by atoms with van der Waals surface area (Å²) >= 11 is 0. The van der Waals surface area contributed by atoms with Crippen molar-refractivity contribution in [1.82, 2.24) is 4.98 Å². The lowest BCUT2D eigenvalue weighted by molar-refractivity contribution is 0.386. The van der Waals surface area contributed by atoms with Crippen LogP contribution in [0.3, 0.4) is 0 Å². The van der Waals surface area contributed by atoms with E-state index in [9.17, 15) is 4.39 Å². The van der Waals surface area contributed by atoms with E-state index in [0.717, 1.165) is 0 Å². The van der Waals surface area contributed by atoms with Gasteiger partial charge in [-0.25, -0.2) is 9.37 Å². The second-order valence-corrected chi connectivity index (χ2v) is 3.30. The van der Waals surface area contributed by atoms with Gasteiger partial charge in [0.1, 0.15) is 5.82 Å². The molecule has 1 aromatic heterocycles. The number of nitrogens with two attached hydrogens (primary N) is 1. The van der Waals surface area contributed by atoms with E-state index in [4.69, 9.17) is 10.5 Å². The Hall–Kier alpha value is -2.10. The maximum Gasteiger partial charge on any atom is 0.165 e. The Balaban J connectivity index is 2.45. The molecular formula is C12H11FN2O. The fourth-order valence-electron chi connectivity index (χ4n) is 1.44. The molecular weight excluding hydrogens is 207 g/mol. The fourth-order valence-corrected chi connectivity index (χ4v) is 1.44. The van der Waals surface area contributed by atoms with Crippen LogP contribution in [0.4, 0.5) is 10.2 Å². The lowest BCUT2D eigenvalue weighted by Crippen LogP contribution is -1.93. The van der Waals surface area contributed by atoms with Gasteiger partial charge in [-0.3, -0.25) is 0 Å². The normalized spacial score (nSPS) is 10.1. The van der Waals surface area contributed by atoms with Crippen molar-refractivity contribution in [2.24, 2.45) is 0 Å². The Kier molecular flexibility index (Phi) is 2.72. The van der Waals surface area contributed by atoms with Crippen molar-refractivity contribution in [3.63, 3.8) is 0 Å². The van der Waals surface area contributed by atoms with E-state index < -0.39 is 5.82 Å². The molecule has 0 aliphatic carbocycles. The first-order chi connectivity index (χ1) is 7.70. The molecule has 3 nitrogen and oxygen atoms in total. The summed E-state index contributed by atoms with van der Waals surface area (Å²) in [6.45, 7) is 0. The molecule has 2 aromatic rings. The van der Waals surface area contributed by atoms with Gasteiger partial charge in [0.05, 0.1) is 12.8 Å². The number of halogens is 1. The Bertz CT molecular complexity index is 514. The number of hydrogen-bond acceptors (Lipinski definition) is 3. The van der Waals surface area contributed by atoms with E-state index in [0.29, 0.717) is 17.1 Å². The maximum absolute atomic E-state index is 13.5. The third-order valence-electron chi connectivity index (χ3n) is 2.22. The largest absolute Gasteiger partial charge is 0.494 e. The zero-order valence-electron chi connectivity index (χ0n) is 8.77. The lowest BCUT2D eigenvalue weighted by atomic mass is 10.1. The minimum atomic E-state index is -0.413. The number of ether oxygens (including phenoxy) is 1. The average Bonchev–Trinajstić information content (AvgIpc) is 2.29. The number of rotatable bonds is 2. The van der Waals surface area contributed by atoms with Gasteiger partial charge in [-0.15, -0.1) is 0 Å². The molecule has 0 amide bonds. The highest BCUT2D eigenvalue weighted by molar-refractivity contribution is 5.61. The predicted octanol–water partition coefficient (Wildman–Crippen LogP) is 2.48. The van der Waals surface area contributed by atoms with Gasteiger partial charge in [0.25, 0.3) is 0 Å². The van der Waals surface area contributed by atoms with Crippen LogP contribution in [0.2, 0.25) is 0 Å². The zero-order chi connectivity index (χ0) is 11.5. The van der Waals surface area contributed by atoms with Gasteiger partial charge in [0, 0.05) is 5.56 Å². The summed E-state index contributed by atoms with van der Waals surface area (Å²) in [6, 6.07) is 9.92. The molecule has 0 aliphatic rings. The summed E-state index contributed by atoms with van der Waals surface area (Å²) in [5, 5.41) is 0. The van der Waals surface area contributed by atoms with Gasteiger partial charge >= 0.3 is 0 Å². The monoisotopic (exact) mass is 218 g/mol. The minimum absolute atomic E-state index is 0.215. The van der Waals surface area contributed by atoms with Crippen LogP contribution in [-0.4, -0.2) is 12.1 Å². The molecule has 4 heteroatoms. The molecule has 2 rings (SSSR count). The van der Waals surface area contributed by atoms with Crippen molar-refractivity contribution >= 4 is 5.82 Å². The van der Waals surface area contributed by atoms with Crippen molar-refractivity contribution in [3.8, 4) is 17.0 Å². The molecule has 0 unspecified atom stereocenters. The topological polar surface area (TPSA) is 48.1 Å². The number of aromatic nitrogens is 1. The van der Waals surface area contributed by atoms with Crippen molar-refractivity contribution in [2.45, 2.75) is 0 Å². The second kappa shape index (κ2) is 4.18. The third-order valence-corrected chi connectivity index (χ3v) is 2.22. The predicted molar refractivity (Wildman–Crippen MR) is 60.6 cm³/mol. The van der Waals surface area contributed by atoms with Crippen molar-refractivity contribution in [2.75, 3.05) is 12.8 Å². The Labute approximate surface area is 92.7 Å². The summed E-state index contributed by atoms with van der Waals surface area (Å²) in [6.07, 6.45) is 0. The van der Waals surface area contributed by atoms with Crippen LogP contribution < -0.4 is 10.5 Å². The molecule has 1 aromatic carbocycles. The van der Waals surface area contributed by atoms with E-state index >= 15 is 0 Å². The molecule has 82 valence electrons. The Morgan fingerprint density at radius 3 is 2.69 bits per heavy atom. The van der Waals surface area contributed by atoms with E-state index in [-0.39, 0.29) is 5.75 Å². The highest BCUT2D eigenvalue weighted by Gasteiger charge is 2.05. The molecule has 0 bridgehead atoms. The SMILES string of the molecule is COc1ccc(-c2cccc(N)n2)cc1F. The van der Waals surface area contributed by atoms with E-state index in [1.807, 2.05) is 0 Å². The van der Waals surface area contributed by atoms with Gasteiger partial charge in [0.15, 0.2) is 11.6 Å². The van der Waals surface area contributed by atoms with Gasteiger partial charge in [-0.1, -0.05) is 6.07 Å². The van der Waals surface area contributed by atoms with Crippen LogP contribution >= 0.6 is 0 Å². The summed E-state index contributed by atoms with van der Waals surface area (Å²) in [4.78, 5) is 4.11. The number of nitrogens with zero attached hydrogens (tertiary/aromatic N) is 1. The standard InChI is InChI=1S/C12H11FN2O/c1-16-11-6-5-8(7-9(11)13)10-3-2-4-12(14)15-10/h2-7H,1H3,(H2,14,15). The molecule has 16 heavy (non-hydrogen) atoms.